The van der Waals surface area contributed by atoms with Crippen LogP contribution >= 0.6 is 35.5 Å². The average Bonchev–Trinajstić information content (AvgIpc) is 3.15. The molecule has 1 heterocycles. The molecule has 32 heavy (non-hydrogen) atoms. The first kappa shape index (κ1) is 26.4. The zero-order valence-electron chi connectivity index (χ0n) is 18.5. The first-order chi connectivity index (χ1) is 15.0. The number of carbonyl (C=O) groups is 1. The van der Waals surface area contributed by atoms with Crippen LogP contribution in [0.3, 0.4) is 0 Å². The van der Waals surface area contributed by atoms with E-state index in [1.807, 2.05) is 39.2 Å². The minimum atomic E-state index is -0.236. The van der Waals surface area contributed by atoms with Gasteiger partial charge in [-0.1, -0.05) is 11.3 Å². The number of carbonyl (C=O) groups excluding carboxylic acids is 1. The Bertz CT molecular complexity index is 999. The van der Waals surface area contributed by atoms with Gasteiger partial charge < -0.3 is 9.64 Å². The maximum Gasteiger partial charge on any atom is 0.228 e. The molecule has 0 atom stereocenters. The Morgan fingerprint density at radius 2 is 1.91 bits per heavy atom. The topological polar surface area (TPSA) is 45.7 Å². The van der Waals surface area contributed by atoms with Crippen molar-refractivity contribution in [3.05, 3.63) is 48.3 Å². The number of rotatable bonds is 11. The lowest BCUT2D eigenvalue weighted by molar-refractivity contribution is -0.118. The maximum absolute atomic E-state index is 13.0. The molecule has 0 bridgehead atoms. The van der Waals surface area contributed by atoms with Crippen LogP contribution in [0.15, 0.2) is 47.4 Å². The molecule has 0 spiro atoms. The molecule has 3 rings (SSSR count). The summed E-state index contributed by atoms with van der Waals surface area (Å²) in [6, 6.07) is 12.3. The van der Waals surface area contributed by atoms with Gasteiger partial charge >= 0.3 is 0 Å². The van der Waals surface area contributed by atoms with Crippen LogP contribution < -0.4 is 9.64 Å². The van der Waals surface area contributed by atoms with E-state index in [0.717, 1.165) is 44.7 Å². The molecule has 3 aromatic rings. The molecule has 0 radical (unpaired) electrons. The Morgan fingerprint density at radius 3 is 2.59 bits per heavy atom. The predicted molar refractivity (Wildman–Crippen MR) is 135 cm³/mol. The van der Waals surface area contributed by atoms with E-state index in [4.69, 9.17) is 9.72 Å². The smallest absolute Gasteiger partial charge is 0.228 e. The summed E-state index contributed by atoms with van der Waals surface area (Å²) in [6.45, 7) is 3.92. The van der Waals surface area contributed by atoms with E-state index in [-0.39, 0.29) is 24.1 Å². The third kappa shape index (κ3) is 7.62. The van der Waals surface area contributed by atoms with Gasteiger partial charge in [-0.25, -0.2) is 9.37 Å². The fourth-order valence-electron chi connectivity index (χ4n) is 2.97. The van der Waals surface area contributed by atoms with Crippen LogP contribution in [0, 0.1) is 5.82 Å². The molecule has 0 saturated heterocycles. The van der Waals surface area contributed by atoms with Crippen molar-refractivity contribution in [1.29, 1.82) is 0 Å². The minimum absolute atomic E-state index is 0. The first-order valence-corrected chi connectivity index (χ1v) is 12.1. The lowest BCUT2D eigenvalue weighted by Crippen LogP contribution is -2.36. The first-order valence-electron chi connectivity index (χ1n) is 10.3. The molecule has 0 aliphatic heterocycles. The summed E-state index contributed by atoms with van der Waals surface area (Å²) in [5, 5.41) is 0.724. The van der Waals surface area contributed by atoms with Gasteiger partial charge in [0, 0.05) is 24.4 Å². The van der Waals surface area contributed by atoms with E-state index in [9.17, 15) is 9.18 Å². The molecule has 0 aliphatic carbocycles. The minimum Gasteiger partial charge on any atom is -0.494 e. The number of hydrogen-bond donors (Lipinski definition) is 0. The van der Waals surface area contributed by atoms with Crippen LogP contribution in [-0.4, -0.2) is 55.3 Å². The number of thioether (sulfide) groups is 1. The summed E-state index contributed by atoms with van der Waals surface area (Å²) in [4.78, 5) is 22.6. The number of halogens is 2. The quantitative estimate of drug-likeness (QED) is 0.250. The Hall–Kier alpha value is -1.87. The third-order valence-electron chi connectivity index (χ3n) is 4.58. The number of benzene rings is 2. The van der Waals surface area contributed by atoms with Crippen molar-refractivity contribution >= 4 is 56.8 Å². The number of thiazole rings is 1. The molecule has 2 aromatic carbocycles. The lowest BCUT2D eigenvalue weighted by Gasteiger charge is -2.22. The van der Waals surface area contributed by atoms with Gasteiger partial charge in [0.1, 0.15) is 11.6 Å². The highest BCUT2D eigenvalue weighted by molar-refractivity contribution is 7.99. The van der Waals surface area contributed by atoms with Crippen molar-refractivity contribution < 1.29 is 13.9 Å². The van der Waals surface area contributed by atoms with E-state index in [2.05, 4.69) is 4.90 Å². The molecule has 5 nitrogen and oxygen atoms in total. The predicted octanol–water partition coefficient (Wildman–Crippen LogP) is 5.72. The number of hydrogen-bond acceptors (Lipinski definition) is 6. The standard InChI is InChI=1S/C23H28FN3O2S2.ClH/c1-4-29-18-9-12-20-21(16-18)31-23(25-20)27(14-13-26(2)3)22(28)6-5-15-30-19-10-7-17(24)8-11-19;/h7-12,16H,4-6,13-15H2,1-3H3;1H. The van der Waals surface area contributed by atoms with Gasteiger partial charge in [-0.15, -0.1) is 24.2 Å². The molecule has 1 amide bonds. The molecule has 1 aromatic heterocycles. The summed E-state index contributed by atoms with van der Waals surface area (Å²) in [5.74, 6) is 1.45. The zero-order valence-corrected chi connectivity index (χ0v) is 21.0. The Labute approximate surface area is 203 Å². The highest BCUT2D eigenvalue weighted by Gasteiger charge is 2.20. The Morgan fingerprint density at radius 1 is 1.16 bits per heavy atom. The van der Waals surface area contributed by atoms with Gasteiger partial charge in [-0.3, -0.25) is 9.69 Å². The number of anilines is 1. The zero-order chi connectivity index (χ0) is 22.2. The average molecular weight is 498 g/mol. The van der Waals surface area contributed by atoms with Gasteiger partial charge in [-0.05, 0) is 75.7 Å². The van der Waals surface area contributed by atoms with Crippen molar-refractivity contribution in [3.8, 4) is 5.75 Å². The molecule has 0 aliphatic rings. The van der Waals surface area contributed by atoms with Crippen molar-refractivity contribution in [2.75, 3.05) is 44.4 Å². The molecular weight excluding hydrogens is 469 g/mol. The van der Waals surface area contributed by atoms with Crippen LogP contribution in [0.25, 0.3) is 10.2 Å². The second-order valence-corrected chi connectivity index (χ2v) is 9.49. The summed E-state index contributed by atoms with van der Waals surface area (Å²) < 4.78 is 19.6. The highest BCUT2D eigenvalue weighted by atomic mass is 35.5. The van der Waals surface area contributed by atoms with Crippen LogP contribution in [0.4, 0.5) is 9.52 Å². The number of aromatic nitrogens is 1. The van der Waals surface area contributed by atoms with Gasteiger partial charge in [-0.2, -0.15) is 0 Å². The Kier molecular flexibility index (Phi) is 10.7. The summed E-state index contributed by atoms with van der Waals surface area (Å²) in [7, 11) is 3.99. The SMILES string of the molecule is CCOc1ccc2nc(N(CCN(C)C)C(=O)CCCSc3ccc(F)cc3)sc2c1.Cl. The highest BCUT2D eigenvalue weighted by Crippen LogP contribution is 2.32. The van der Waals surface area contributed by atoms with Crippen molar-refractivity contribution in [1.82, 2.24) is 9.88 Å². The summed E-state index contributed by atoms with van der Waals surface area (Å²) >= 11 is 3.15. The van der Waals surface area contributed by atoms with E-state index in [0.29, 0.717) is 19.6 Å². The molecule has 174 valence electrons. The largest absolute Gasteiger partial charge is 0.494 e. The van der Waals surface area contributed by atoms with Crippen molar-refractivity contribution in [2.24, 2.45) is 0 Å². The number of nitrogens with zero attached hydrogens (tertiary/aromatic N) is 3. The van der Waals surface area contributed by atoms with E-state index >= 15 is 0 Å². The Balaban J connectivity index is 0.00000363. The molecule has 9 heteroatoms. The number of likely N-dealkylation sites (N-methyl/N-ethyl adjacent to an activating group) is 1. The molecule has 0 saturated carbocycles. The van der Waals surface area contributed by atoms with Gasteiger partial charge in [0.2, 0.25) is 5.91 Å². The second-order valence-electron chi connectivity index (χ2n) is 7.31. The molecule has 0 unspecified atom stereocenters. The maximum atomic E-state index is 13.0. The second kappa shape index (κ2) is 13.0. The van der Waals surface area contributed by atoms with Gasteiger partial charge in [0.25, 0.3) is 0 Å². The van der Waals surface area contributed by atoms with E-state index in [1.165, 1.54) is 23.5 Å². The fraction of sp³-hybridized carbons (Fsp3) is 0.391. The van der Waals surface area contributed by atoms with Crippen molar-refractivity contribution in [2.45, 2.75) is 24.7 Å². The van der Waals surface area contributed by atoms with Crippen LogP contribution in [0.2, 0.25) is 0 Å². The third-order valence-corrected chi connectivity index (χ3v) is 6.72. The van der Waals surface area contributed by atoms with Crippen LogP contribution in [0.5, 0.6) is 5.75 Å². The van der Waals surface area contributed by atoms with Gasteiger partial charge in [0.15, 0.2) is 5.13 Å². The monoisotopic (exact) mass is 497 g/mol. The van der Waals surface area contributed by atoms with E-state index in [1.54, 1.807) is 28.8 Å². The summed E-state index contributed by atoms with van der Waals surface area (Å²) in [5.41, 5.74) is 0.873. The fourth-order valence-corrected chi connectivity index (χ4v) is 4.86. The van der Waals surface area contributed by atoms with Crippen LogP contribution in [-0.2, 0) is 4.79 Å². The van der Waals surface area contributed by atoms with Gasteiger partial charge in [0.05, 0.1) is 16.8 Å². The summed E-state index contributed by atoms with van der Waals surface area (Å²) in [6.07, 6.45) is 1.19. The van der Waals surface area contributed by atoms with Crippen LogP contribution in [0.1, 0.15) is 19.8 Å². The molecule has 0 N–H and O–H groups in total. The number of amides is 1. The molecule has 0 fully saturated rings. The molecular formula is C23H29ClFN3O2S2. The number of fused-ring (bicyclic) bond motifs is 1. The normalized spacial score (nSPS) is 10.9. The lowest BCUT2D eigenvalue weighted by atomic mass is 10.3. The van der Waals surface area contributed by atoms with Crippen molar-refractivity contribution in [3.63, 3.8) is 0 Å². The van der Waals surface area contributed by atoms with E-state index < -0.39 is 0 Å². The number of ether oxygens (including phenoxy) is 1.